The summed E-state index contributed by atoms with van der Waals surface area (Å²) in [4.78, 5) is 0. The molecule has 0 saturated carbocycles. The van der Waals surface area contributed by atoms with E-state index < -0.39 is 9.84 Å². The predicted molar refractivity (Wildman–Crippen MR) is 80.8 cm³/mol. The van der Waals surface area contributed by atoms with Gasteiger partial charge in [0, 0.05) is 11.6 Å². The molecule has 0 amide bonds. The summed E-state index contributed by atoms with van der Waals surface area (Å²) in [6.07, 6.45) is 0.723. The van der Waals surface area contributed by atoms with Gasteiger partial charge in [-0.2, -0.15) is 0 Å². The topological polar surface area (TPSA) is 55.4 Å². The van der Waals surface area contributed by atoms with Crippen molar-refractivity contribution in [1.29, 1.82) is 0 Å². The third-order valence-corrected chi connectivity index (χ3v) is 5.51. The molecule has 1 fully saturated rings. The molecule has 0 aromatic heterocycles. The molecule has 0 spiro atoms. The van der Waals surface area contributed by atoms with E-state index in [2.05, 4.69) is 5.32 Å². The zero-order chi connectivity index (χ0) is 14.6. The zero-order valence-electron chi connectivity index (χ0n) is 12.1. The van der Waals surface area contributed by atoms with Crippen molar-refractivity contribution in [1.82, 2.24) is 5.32 Å². The average Bonchev–Trinajstić information content (AvgIpc) is 2.77. The molecular weight excluding hydrogens is 274 g/mol. The van der Waals surface area contributed by atoms with Gasteiger partial charge in [0.1, 0.15) is 5.75 Å². The monoisotopic (exact) mass is 297 g/mol. The van der Waals surface area contributed by atoms with E-state index >= 15 is 0 Å². The molecule has 4 nitrogen and oxygen atoms in total. The highest BCUT2D eigenvalue weighted by Crippen LogP contribution is 2.35. The molecule has 1 heterocycles. The Morgan fingerprint density at radius 1 is 1.35 bits per heavy atom. The van der Waals surface area contributed by atoms with E-state index in [1.165, 1.54) is 0 Å². The van der Waals surface area contributed by atoms with Crippen LogP contribution in [0.2, 0.25) is 0 Å². The Morgan fingerprint density at radius 3 is 2.70 bits per heavy atom. The van der Waals surface area contributed by atoms with Crippen LogP contribution in [-0.2, 0) is 9.84 Å². The van der Waals surface area contributed by atoms with Crippen LogP contribution in [0.5, 0.6) is 5.75 Å². The largest absolute Gasteiger partial charge is 0.494 e. The number of sulfone groups is 1. The van der Waals surface area contributed by atoms with Crippen LogP contribution < -0.4 is 10.1 Å². The molecule has 112 valence electrons. The number of nitrogens with one attached hydrogen (secondary N) is 1. The van der Waals surface area contributed by atoms with Crippen LogP contribution in [0.1, 0.15) is 31.9 Å². The molecule has 1 aromatic carbocycles. The molecule has 1 N–H and O–H groups in total. The van der Waals surface area contributed by atoms with E-state index in [1.54, 1.807) is 0 Å². The second kappa shape index (κ2) is 6.59. The number of hydrogen-bond donors (Lipinski definition) is 1. The Balaban J connectivity index is 2.29. The van der Waals surface area contributed by atoms with E-state index in [1.807, 2.05) is 38.1 Å². The first-order valence-corrected chi connectivity index (χ1v) is 9.05. The highest BCUT2D eigenvalue weighted by molar-refractivity contribution is 7.91. The Morgan fingerprint density at radius 2 is 2.10 bits per heavy atom. The van der Waals surface area contributed by atoms with Crippen molar-refractivity contribution in [2.75, 3.05) is 24.7 Å². The Hall–Kier alpha value is -1.07. The molecule has 2 unspecified atom stereocenters. The second-order valence-electron chi connectivity index (χ2n) is 5.17. The van der Waals surface area contributed by atoms with Crippen LogP contribution in [0.15, 0.2) is 24.3 Å². The third kappa shape index (κ3) is 3.52. The first kappa shape index (κ1) is 15.3. The minimum absolute atomic E-state index is 0.0417. The van der Waals surface area contributed by atoms with Crippen molar-refractivity contribution in [2.45, 2.75) is 26.3 Å². The maximum atomic E-state index is 11.7. The smallest absolute Gasteiger partial charge is 0.150 e. The summed E-state index contributed by atoms with van der Waals surface area (Å²) in [7, 11) is -2.87. The lowest BCUT2D eigenvalue weighted by Gasteiger charge is -2.26. The maximum absolute atomic E-state index is 11.7. The third-order valence-electron chi connectivity index (χ3n) is 3.72. The van der Waals surface area contributed by atoms with Gasteiger partial charge >= 0.3 is 0 Å². The van der Waals surface area contributed by atoms with Gasteiger partial charge in [-0.1, -0.05) is 25.1 Å². The van der Waals surface area contributed by atoms with Crippen molar-refractivity contribution >= 4 is 9.84 Å². The van der Waals surface area contributed by atoms with Crippen LogP contribution in [-0.4, -0.2) is 33.1 Å². The van der Waals surface area contributed by atoms with E-state index in [-0.39, 0.29) is 17.7 Å². The fourth-order valence-corrected chi connectivity index (χ4v) is 4.70. The van der Waals surface area contributed by atoms with E-state index in [9.17, 15) is 8.42 Å². The zero-order valence-corrected chi connectivity index (χ0v) is 12.9. The predicted octanol–water partition coefficient (Wildman–Crippen LogP) is 2.17. The van der Waals surface area contributed by atoms with Gasteiger partial charge in [-0.15, -0.1) is 0 Å². The summed E-state index contributed by atoms with van der Waals surface area (Å²) < 4.78 is 29.2. The van der Waals surface area contributed by atoms with Gasteiger partial charge in [-0.25, -0.2) is 8.42 Å². The van der Waals surface area contributed by atoms with Crippen molar-refractivity contribution in [3.05, 3.63) is 29.8 Å². The van der Waals surface area contributed by atoms with Crippen molar-refractivity contribution in [3.8, 4) is 5.75 Å². The van der Waals surface area contributed by atoms with Crippen LogP contribution in [0.3, 0.4) is 0 Å². The van der Waals surface area contributed by atoms with Crippen molar-refractivity contribution in [2.24, 2.45) is 5.92 Å². The number of hydrogen-bond acceptors (Lipinski definition) is 4. The van der Waals surface area contributed by atoms with Crippen LogP contribution in [0, 0.1) is 5.92 Å². The van der Waals surface area contributed by atoms with E-state index in [4.69, 9.17) is 4.74 Å². The molecule has 2 atom stereocenters. The van der Waals surface area contributed by atoms with E-state index in [0.29, 0.717) is 12.4 Å². The van der Waals surface area contributed by atoms with Crippen molar-refractivity contribution in [3.63, 3.8) is 0 Å². The van der Waals surface area contributed by atoms with Crippen LogP contribution in [0.25, 0.3) is 0 Å². The molecule has 1 saturated heterocycles. The summed E-state index contributed by atoms with van der Waals surface area (Å²) in [6, 6.07) is 7.95. The minimum Gasteiger partial charge on any atom is -0.494 e. The fourth-order valence-electron chi connectivity index (χ4n) is 2.86. The quantitative estimate of drug-likeness (QED) is 0.874. The first-order valence-electron chi connectivity index (χ1n) is 7.23. The number of rotatable bonds is 6. The van der Waals surface area contributed by atoms with Gasteiger partial charge in [-0.3, -0.25) is 0 Å². The number of para-hydroxylation sites is 1. The highest BCUT2D eigenvalue weighted by atomic mass is 32.2. The van der Waals surface area contributed by atoms with Gasteiger partial charge in [-0.05, 0) is 31.9 Å². The maximum Gasteiger partial charge on any atom is 0.150 e. The molecule has 0 bridgehead atoms. The molecule has 2 rings (SSSR count). The lowest BCUT2D eigenvalue weighted by molar-refractivity contribution is 0.320. The summed E-state index contributed by atoms with van der Waals surface area (Å²) in [5.74, 6) is 1.55. The van der Waals surface area contributed by atoms with Gasteiger partial charge < -0.3 is 10.1 Å². The summed E-state index contributed by atoms with van der Waals surface area (Å²) >= 11 is 0. The minimum atomic E-state index is -2.87. The molecule has 5 heteroatoms. The SMILES string of the molecule is CCNC(c1ccccc1OCC)C1CCS(=O)(=O)C1. The molecule has 0 aliphatic carbocycles. The molecule has 1 aliphatic heterocycles. The summed E-state index contributed by atoms with van der Waals surface area (Å²) in [5.41, 5.74) is 1.07. The highest BCUT2D eigenvalue weighted by Gasteiger charge is 2.35. The molecule has 20 heavy (non-hydrogen) atoms. The molecular formula is C15H23NO3S. The average molecular weight is 297 g/mol. The lowest BCUT2D eigenvalue weighted by Crippen LogP contribution is -2.29. The normalized spacial score (nSPS) is 22.6. The van der Waals surface area contributed by atoms with Crippen LogP contribution >= 0.6 is 0 Å². The Bertz CT molecular complexity index is 542. The van der Waals surface area contributed by atoms with Crippen molar-refractivity contribution < 1.29 is 13.2 Å². The first-order chi connectivity index (χ1) is 9.57. The van der Waals surface area contributed by atoms with Gasteiger partial charge in [0.15, 0.2) is 9.84 Å². The standard InChI is InChI=1S/C15H23NO3S/c1-3-16-15(12-9-10-20(17,18)11-12)13-7-5-6-8-14(13)19-4-2/h5-8,12,15-16H,3-4,9-11H2,1-2H3. The fraction of sp³-hybridized carbons (Fsp3) is 0.600. The summed E-state index contributed by atoms with van der Waals surface area (Å²) in [6.45, 7) is 5.42. The lowest BCUT2D eigenvalue weighted by atomic mass is 9.92. The second-order valence-corrected chi connectivity index (χ2v) is 7.40. The number of ether oxygens (including phenoxy) is 1. The van der Waals surface area contributed by atoms with Crippen LogP contribution in [0.4, 0.5) is 0 Å². The molecule has 0 radical (unpaired) electrons. The van der Waals surface area contributed by atoms with E-state index in [0.717, 1.165) is 24.3 Å². The molecule has 1 aromatic rings. The summed E-state index contributed by atoms with van der Waals surface area (Å²) in [5, 5.41) is 3.43. The van der Waals surface area contributed by atoms with Gasteiger partial charge in [0.2, 0.25) is 0 Å². The Kier molecular flexibility index (Phi) is 5.05. The Labute approximate surface area is 121 Å². The van der Waals surface area contributed by atoms with Gasteiger partial charge in [0.05, 0.1) is 18.1 Å². The molecule has 1 aliphatic rings. The van der Waals surface area contributed by atoms with Gasteiger partial charge in [0.25, 0.3) is 0 Å². The number of benzene rings is 1.